The van der Waals surface area contributed by atoms with Gasteiger partial charge in [0.15, 0.2) is 0 Å². The van der Waals surface area contributed by atoms with Gasteiger partial charge in [-0.15, -0.1) is 0 Å². The van der Waals surface area contributed by atoms with Crippen LogP contribution in [0.2, 0.25) is 0 Å². The van der Waals surface area contributed by atoms with Crippen molar-refractivity contribution >= 4 is 31.9 Å². The highest BCUT2D eigenvalue weighted by Gasteiger charge is 2.41. The van der Waals surface area contributed by atoms with E-state index in [4.69, 9.17) is 4.74 Å². The first-order chi connectivity index (χ1) is 8.82. The summed E-state index contributed by atoms with van der Waals surface area (Å²) in [5.74, 6) is 1.09. The molecule has 1 aromatic carbocycles. The lowest BCUT2D eigenvalue weighted by molar-refractivity contribution is 0.0511. The maximum Gasteiger partial charge on any atom is 0.0596 e. The second-order valence-corrected chi connectivity index (χ2v) is 7.68. The molecule has 0 spiro atoms. The van der Waals surface area contributed by atoms with E-state index < -0.39 is 0 Å². The van der Waals surface area contributed by atoms with Crippen molar-refractivity contribution in [3.63, 3.8) is 0 Å². The normalized spacial score (nSPS) is 32.6. The monoisotopic (exact) mass is 388 g/mol. The number of ether oxygens (including phenoxy) is 1. The van der Waals surface area contributed by atoms with Crippen LogP contribution >= 0.6 is 31.9 Å². The van der Waals surface area contributed by atoms with Gasteiger partial charge in [0.1, 0.15) is 0 Å². The van der Waals surface area contributed by atoms with Crippen molar-refractivity contribution in [3.8, 4) is 0 Å². The lowest BCUT2D eigenvalue weighted by Gasteiger charge is -2.26. The number of hydrogen-bond donors (Lipinski definition) is 0. The largest absolute Gasteiger partial charge is 0.375 e. The van der Waals surface area contributed by atoms with Crippen LogP contribution in [0.25, 0.3) is 0 Å². The summed E-state index contributed by atoms with van der Waals surface area (Å²) in [6.07, 6.45) is 0.648. The van der Waals surface area contributed by atoms with Crippen LogP contribution in [0.4, 0.5) is 0 Å². The summed E-state index contributed by atoms with van der Waals surface area (Å²) in [6, 6.07) is 4.51. The molecule has 1 heterocycles. The van der Waals surface area contributed by atoms with Gasteiger partial charge >= 0.3 is 0 Å². The summed E-state index contributed by atoms with van der Waals surface area (Å²) in [5.41, 5.74) is 4.01. The van der Waals surface area contributed by atoms with E-state index >= 15 is 0 Å². The van der Waals surface area contributed by atoms with Gasteiger partial charge in [-0.25, -0.2) is 0 Å². The van der Waals surface area contributed by atoms with Crippen LogP contribution in [-0.4, -0.2) is 12.2 Å². The highest BCUT2D eigenvalue weighted by atomic mass is 79.9. The quantitative estimate of drug-likeness (QED) is 0.601. The number of halogens is 2. The Hall–Kier alpha value is 0.140. The predicted octanol–water partition coefficient (Wildman–Crippen LogP) is 5.56. The molecular weight excluding hydrogens is 368 g/mol. The van der Waals surface area contributed by atoms with E-state index in [0.29, 0.717) is 28.9 Å². The van der Waals surface area contributed by atoms with E-state index in [0.717, 1.165) is 0 Å². The summed E-state index contributed by atoms with van der Waals surface area (Å²) >= 11 is 7.54. The maximum atomic E-state index is 5.98. The van der Waals surface area contributed by atoms with Crippen LogP contribution in [-0.2, 0) is 4.74 Å². The van der Waals surface area contributed by atoms with Gasteiger partial charge in [0.05, 0.1) is 12.2 Å². The fourth-order valence-electron chi connectivity index (χ4n) is 3.11. The number of aryl methyl sites for hydroxylation is 2. The molecule has 1 aliphatic rings. The molecule has 1 aromatic rings. The molecule has 106 valence electrons. The summed E-state index contributed by atoms with van der Waals surface area (Å²) in [4.78, 5) is 0.356. The van der Waals surface area contributed by atoms with E-state index in [9.17, 15) is 0 Å². The number of alkyl halides is 1. The summed E-state index contributed by atoms with van der Waals surface area (Å²) < 4.78 is 7.17. The zero-order valence-corrected chi connectivity index (χ0v) is 15.4. The first-order valence-corrected chi connectivity index (χ1v) is 8.60. The topological polar surface area (TPSA) is 9.23 Å². The molecular formula is C16H22Br2O. The lowest BCUT2D eigenvalue weighted by Crippen LogP contribution is -2.22. The standard InChI is InChI=1S/C16H22Br2O/c1-8-7-14(17)9(2)6-13(8)16(18)15-10(3)11(4)19-12(15)5/h6-7,10-12,15-16H,1-5H3. The van der Waals surface area contributed by atoms with Gasteiger partial charge < -0.3 is 4.74 Å². The van der Waals surface area contributed by atoms with Crippen LogP contribution in [0.3, 0.4) is 0 Å². The van der Waals surface area contributed by atoms with Gasteiger partial charge in [-0.2, -0.15) is 0 Å². The minimum absolute atomic E-state index is 0.303. The third-order valence-electron chi connectivity index (χ3n) is 4.50. The van der Waals surface area contributed by atoms with Crippen LogP contribution in [0.5, 0.6) is 0 Å². The Morgan fingerprint density at radius 2 is 1.68 bits per heavy atom. The molecule has 0 aliphatic carbocycles. The highest BCUT2D eigenvalue weighted by Crippen LogP contribution is 2.46. The van der Waals surface area contributed by atoms with Gasteiger partial charge in [0.2, 0.25) is 0 Å². The van der Waals surface area contributed by atoms with Gasteiger partial charge in [0.25, 0.3) is 0 Å². The van der Waals surface area contributed by atoms with E-state index in [1.165, 1.54) is 21.2 Å². The fourth-order valence-corrected chi connectivity index (χ4v) is 4.97. The Bertz CT molecular complexity index is 472. The van der Waals surface area contributed by atoms with Crippen molar-refractivity contribution in [1.82, 2.24) is 0 Å². The molecule has 3 heteroatoms. The Kier molecular flexibility index (Phi) is 4.79. The molecule has 2 rings (SSSR count). The molecule has 19 heavy (non-hydrogen) atoms. The Morgan fingerprint density at radius 3 is 2.21 bits per heavy atom. The molecule has 0 amide bonds. The Morgan fingerprint density at radius 1 is 1.05 bits per heavy atom. The smallest absolute Gasteiger partial charge is 0.0596 e. The van der Waals surface area contributed by atoms with Crippen LogP contribution in [0.15, 0.2) is 16.6 Å². The second-order valence-electron chi connectivity index (χ2n) is 5.84. The van der Waals surface area contributed by atoms with Crippen LogP contribution in [0, 0.1) is 25.7 Å². The molecule has 0 bridgehead atoms. The molecule has 1 saturated heterocycles. The van der Waals surface area contributed by atoms with Crippen molar-refractivity contribution in [2.45, 2.75) is 51.7 Å². The van der Waals surface area contributed by atoms with Crippen molar-refractivity contribution < 1.29 is 4.74 Å². The van der Waals surface area contributed by atoms with E-state index in [-0.39, 0.29) is 0 Å². The van der Waals surface area contributed by atoms with Gasteiger partial charge in [-0.1, -0.05) is 44.8 Å². The van der Waals surface area contributed by atoms with Crippen LogP contribution in [0.1, 0.15) is 42.3 Å². The van der Waals surface area contributed by atoms with Crippen molar-refractivity contribution in [3.05, 3.63) is 33.3 Å². The fraction of sp³-hybridized carbons (Fsp3) is 0.625. The molecule has 1 aliphatic heterocycles. The highest BCUT2D eigenvalue weighted by molar-refractivity contribution is 9.10. The summed E-state index contributed by atoms with van der Waals surface area (Å²) in [6.45, 7) is 11.0. The van der Waals surface area contributed by atoms with Crippen LogP contribution < -0.4 is 0 Å². The molecule has 0 N–H and O–H groups in total. The minimum Gasteiger partial charge on any atom is -0.375 e. The molecule has 5 unspecified atom stereocenters. The number of rotatable bonds is 2. The molecule has 0 aromatic heterocycles. The SMILES string of the molecule is Cc1cc(C(Br)C2C(C)OC(C)C2C)c(C)cc1Br. The first-order valence-electron chi connectivity index (χ1n) is 6.89. The maximum absolute atomic E-state index is 5.98. The Balaban J connectivity index is 2.34. The molecule has 0 saturated carbocycles. The predicted molar refractivity (Wildman–Crippen MR) is 87.9 cm³/mol. The second kappa shape index (κ2) is 5.87. The molecule has 1 nitrogen and oxygen atoms in total. The van der Waals surface area contributed by atoms with E-state index in [1.54, 1.807) is 0 Å². The van der Waals surface area contributed by atoms with Crippen molar-refractivity contribution in [2.24, 2.45) is 11.8 Å². The van der Waals surface area contributed by atoms with Gasteiger partial charge in [0, 0.05) is 15.2 Å². The molecule has 0 radical (unpaired) electrons. The third-order valence-corrected chi connectivity index (χ3v) is 6.46. The van der Waals surface area contributed by atoms with E-state index in [1.807, 2.05) is 0 Å². The lowest BCUT2D eigenvalue weighted by atomic mass is 9.83. The number of hydrogen-bond acceptors (Lipinski definition) is 1. The van der Waals surface area contributed by atoms with Gasteiger partial charge in [-0.3, -0.25) is 0 Å². The Labute approximate surface area is 133 Å². The average molecular weight is 390 g/mol. The zero-order valence-electron chi connectivity index (χ0n) is 12.2. The minimum atomic E-state index is 0.303. The third kappa shape index (κ3) is 2.93. The molecule has 1 fully saturated rings. The van der Waals surface area contributed by atoms with Crippen molar-refractivity contribution in [2.75, 3.05) is 0 Å². The first kappa shape index (κ1) is 15.5. The summed E-state index contributed by atoms with van der Waals surface area (Å²) in [7, 11) is 0. The zero-order chi connectivity index (χ0) is 14.3. The summed E-state index contributed by atoms with van der Waals surface area (Å²) in [5, 5.41) is 0. The average Bonchev–Trinajstić information content (AvgIpc) is 2.57. The van der Waals surface area contributed by atoms with E-state index in [2.05, 4.69) is 78.6 Å². The number of benzene rings is 1. The molecule has 5 atom stereocenters. The van der Waals surface area contributed by atoms with Crippen molar-refractivity contribution in [1.29, 1.82) is 0 Å². The van der Waals surface area contributed by atoms with Gasteiger partial charge in [-0.05, 0) is 56.4 Å².